The quantitative estimate of drug-likeness (QED) is 0.261. The van der Waals surface area contributed by atoms with Crippen LogP contribution in [0.15, 0.2) is 36.7 Å². The number of allylic oxidation sites excluding steroid dienone is 2. The van der Waals surface area contributed by atoms with Crippen LogP contribution in [-0.4, -0.2) is 0 Å². The van der Waals surface area contributed by atoms with E-state index in [2.05, 4.69) is 34.9 Å². The SMILES string of the molecule is C1=C[N-]c2c3c(ccc2=C1)=CC=C[N-]3.[K+].[O-][O-].[O-][O-].[O]=[V]. The molecule has 7 nitrogen and oxygen atoms in total. The Kier molecular flexibility index (Phi) is 16.4. The Bertz CT molecular complexity index is 541. The van der Waals surface area contributed by atoms with Crippen LogP contribution < -0.4 is 82.9 Å². The van der Waals surface area contributed by atoms with Crippen molar-refractivity contribution < 1.29 is 93.5 Å². The molecule has 1 aromatic rings. The Morgan fingerprint density at radius 3 is 1.43 bits per heavy atom. The van der Waals surface area contributed by atoms with Crippen LogP contribution in [0.4, 0.5) is 11.4 Å². The standard InChI is InChI=1S/C12H8N2.K.2O2.O.V/c1-3-9-5-6-10-4-2-8-14-12(10)11(9)13-7-1;;2*1-2;;/h1-8H;;;;;/q-2;+1;2*-2;;. The maximum atomic E-state index is 8.19. The summed E-state index contributed by atoms with van der Waals surface area (Å²) in [6.07, 6.45) is 11.6. The number of rotatable bonds is 0. The molecule has 0 spiro atoms. The van der Waals surface area contributed by atoms with E-state index in [-0.39, 0.29) is 51.4 Å². The van der Waals surface area contributed by atoms with Crippen molar-refractivity contribution in [3.63, 3.8) is 0 Å². The fraction of sp³-hybridized carbons (Fsp3) is 0. The maximum absolute atomic E-state index is 8.19. The molecule has 0 radical (unpaired) electrons. The molecule has 3 rings (SSSR count). The van der Waals surface area contributed by atoms with Crippen LogP contribution in [0, 0.1) is 0 Å². The fourth-order valence-electron chi connectivity index (χ4n) is 1.68. The summed E-state index contributed by atoms with van der Waals surface area (Å²) in [7, 11) is 0. The monoisotopic (exact) mass is 350 g/mol. The van der Waals surface area contributed by atoms with Gasteiger partial charge in [-0.05, 0) is 10.4 Å². The van der Waals surface area contributed by atoms with Gasteiger partial charge in [-0.1, -0.05) is 36.4 Å². The Morgan fingerprint density at radius 1 is 0.762 bits per heavy atom. The molecule has 2 aliphatic heterocycles. The molecule has 0 atom stereocenters. The first-order chi connectivity index (χ1) is 9.95. The van der Waals surface area contributed by atoms with E-state index in [0.717, 1.165) is 39.2 Å². The van der Waals surface area contributed by atoms with Gasteiger partial charge in [0.15, 0.2) is 0 Å². The summed E-state index contributed by atoms with van der Waals surface area (Å²) < 4.78 is 8.19. The van der Waals surface area contributed by atoms with Crippen molar-refractivity contribution in [3.05, 3.63) is 57.8 Å². The summed E-state index contributed by atoms with van der Waals surface area (Å²) in [5.41, 5.74) is 1.95. The number of nitrogens with zero attached hydrogens (tertiary/aromatic N) is 2. The average Bonchev–Trinajstić information content (AvgIpc) is 2.60. The molecule has 0 aromatic heterocycles. The van der Waals surface area contributed by atoms with E-state index >= 15 is 0 Å². The Balaban J connectivity index is 0. The van der Waals surface area contributed by atoms with Gasteiger partial charge in [-0.2, -0.15) is 12.4 Å². The Morgan fingerprint density at radius 2 is 1.10 bits per heavy atom. The molecule has 0 amide bonds. The second-order valence-electron chi connectivity index (χ2n) is 3.22. The van der Waals surface area contributed by atoms with Crippen LogP contribution in [0.1, 0.15) is 0 Å². The molecule has 0 aliphatic carbocycles. The van der Waals surface area contributed by atoms with Gasteiger partial charge in [0.05, 0.1) is 0 Å². The van der Waals surface area contributed by atoms with Gasteiger partial charge in [0.25, 0.3) is 0 Å². The summed E-state index contributed by atoms with van der Waals surface area (Å²) in [5.74, 6) is 0. The van der Waals surface area contributed by atoms with E-state index in [9.17, 15) is 0 Å². The molecule has 0 unspecified atom stereocenters. The zero-order chi connectivity index (χ0) is 15.4. The first-order valence-electron chi connectivity index (χ1n) is 5.05. The third kappa shape index (κ3) is 6.68. The molecular weight excluding hydrogens is 342 g/mol. The molecule has 2 heterocycles. The summed E-state index contributed by atoms with van der Waals surface area (Å²) in [6, 6.07) is 4.15. The minimum absolute atomic E-state index is 0. The van der Waals surface area contributed by atoms with Crippen molar-refractivity contribution in [2.45, 2.75) is 0 Å². The number of fused-ring (bicyclic) bond motifs is 3. The number of hydrogen-bond donors (Lipinski definition) is 0. The van der Waals surface area contributed by atoms with E-state index in [1.54, 1.807) is 12.4 Å². The topological polar surface area (TPSA) is 138 Å². The van der Waals surface area contributed by atoms with Gasteiger partial charge in [-0.3, -0.25) is 0 Å². The van der Waals surface area contributed by atoms with E-state index in [1.165, 1.54) is 0 Å². The second-order valence-corrected chi connectivity index (χ2v) is 3.22. The van der Waals surface area contributed by atoms with Crippen LogP contribution >= 0.6 is 0 Å². The second kappa shape index (κ2) is 14.8. The van der Waals surface area contributed by atoms with Crippen molar-refractivity contribution in [1.82, 2.24) is 0 Å². The summed E-state index contributed by atoms with van der Waals surface area (Å²) >= 11 is 1.06. The van der Waals surface area contributed by atoms with Crippen LogP contribution in [-0.2, 0) is 21.0 Å². The molecule has 107 valence electrons. The fourth-order valence-corrected chi connectivity index (χ4v) is 1.68. The number of hydrogen-bond acceptors (Lipinski definition) is 5. The Labute approximate surface area is 172 Å². The zero-order valence-electron chi connectivity index (χ0n) is 11.0. The van der Waals surface area contributed by atoms with Crippen LogP contribution in [0.5, 0.6) is 0 Å². The predicted octanol–water partition coefficient (Wildman–Crippen LogP) is -5.56. The van der Waals surface area contributed by atoms with Crippen LogP contribution in [0.3, 0.4) is 0 Å². The summed E-state index contributed by atoms with van der Waals surface area (Å²) in [5, 5.41) is 39.0. The van der Waals surface area contributed by atoms with Crippen molar-refractivity contribution in [1.29, 1.82) is 0 Å². The molecule has 0 bridgehead atoms. The minimum atomic E-state index is 0. The third-order valence-corrected chi connectivity index (χ3v) is 2.34. The van der Waals surface area contributed by atoms with E-state index in [0.29, 0.717) is 0 Å². The Hall–Kier alpha value is -0.0992. The van der Waals surface area contributed by atoms with Gasteiger partial charge in [-0.25, -0.2) is 0 Å². The van der Waals surface area contributed by atoms with Gasteiger partial charge in [-0.15, -0.1) is 11.4 Å². The van der Waals surface area contributed by atoms with E-state index < -0.39 is 0 Å². The van der Waals surface area contributed by atoms with Crippen LogP contribution in [0.25, 0.3) is 22.8 Å². The molecule has 1 aromatic carbocycles. The molecule has 0 saturated heterocycles. The number of benzene rings is 1. The molecule has 21 heavy (non-hydrogen) atoms. The molecule has 0 saturated carbocycles. The molecular formula is C12H8KN2O5V-5. The summed E-state index contributed by atoms with van der Waals surface area (Å²) in [4.78, 5) is 0. The molecule has 9 heteroatoms. The summed E-state index contributed by atoms with van der Waals surface area (Å²) in [6.45, 7) is 0. The third-order valence-electron chi connectivity index (χ3n) is 2.34. The van der Waals surface area contributed by atoms with Crippen molar-refractivity contribution in [3.8, 4) is 0 Å². The van der Waals surface area contributed by atoms with E-state index in [4.69, 9.17) is 24.7 Å². The zero-order valence-corrected chi connectivity index (χ0v) is 15.5. The van der Waals surface area contributed by atoms with Crippen LogP contribution in [0.2, 0.25) is 0 Å². The van der Waals surface area contributed by atoms with Gasteiger partial charge in [0.1, 0.15) is 0 Å². The van der Waals surface area contributed by atoms with Gasteiger partial charge >= 0.3 is 72.4 Å². The predicted molar refractivity (Wildman–Crippen MR) is 59.6 cm³/mol. The van der Waals surface area contributed by atoms with Crippen molar-refractivity contribution in [2.24, 2.45) is 0 Å². The van der Waals surface area contributed by atoms with Crippen molar-refractivity contribution in [2.75, 3.05) is 0 Å². The average molecular weight is 350 g/mol. The van der Waals surface area contributed by atoms with E-state index in [1.807, 2.05) is 12.2 Å². The van der Waals surface area contributed by atoms with Crippen molar-refractivity contribution >= 4 is 23.5 Å². The van der Waals surface area contributed by atoms with Gasteiger partial charge in [0.2, 0.25) is 0 Å². The first kappa shape index (κ1) is 23.2. The van der Waals surface area contributed by atoms with Gasteiger partial charge < -0.3 is 31.7 Å². The normalized spacial score (nSPS) is 11.0. The molecule has 2 aliphatic rings. The molecule has 0 N–H and O–H groups in total. The molecule has 0 fully saturated rings. The first-order valence-corrected chi connectivity index (χ1v) is 5.62. The van der Waals surface area contributed by atoms with Gasteiger partial charge in [0, 0.05) is 0 Å².